The molecule has 2 heterocycles. The molecule has 1 fully saturated rings. The zero-order valence-corrected chi connectivity index (χ0v) is 8.95. The minimum absolute atomic E-state index is 0.0874. The van der Waals surface area contributed by atoms with Gasteiger partial charge in [0.1, 0.15) is 13.2 Å². The predicted octanol–water partition coefficient (Wildman–Crippen LogP) is 0.0945. The Morgan fingerprint density at radius 2 is 2.27 bits per heavy atom. The van der Waals surface area contributed by atoms with Gasteiger partial charge in [0.2, 0.25) is 0 Å². The van der Waals surface area contributed by atoms with Crippen LogP contribution in [0, 0.1) is 0 Å². The number of methoxy groups -OCH3 is 1. The van der Waals surface area contributed by atoms with Crippen LogP contribution in [0.15, 0.2) is 4.52 Å². The summed E-state index contributed by atoms with van der Waals surface area (Å²) in [6, 6.07) is 0. The minimum atomic E-state index is -0.0874. The van der Waals surface area contributed by atoms with E-state index in [9.17, 15) is 0 Å². The standard InChI is InChI=1S/C9H15N3O3/c1-9(5-10-6-9)14-4-8-11-7(3-13-2)12-15-8/h10H,3-6H2,1-2H3. The van der Waals surface area contributed by atoms with E-state index in [1.165, 1.54) is 0 Å². The Morgan fingerprint density at radius 1 is 1.47 bits per heavy atom. The number of aromatic nitrogens is 2. The number of ether oxygens (including phenoxy) is 2. The Labute approximate surface area is 87.9 Å². The van der Waals surface area contributed by atoms with E-state index in [1.54, 1.807) is 7.11 Å². The van der Waals surface area contributed by atoms with Gasteiger partial charge in [-0.2, -0.15) is 4.98 Å². The largest absolute Gasteiger partial charge is 0.377 e. The fourth-order valence-electron chi connectivity index (χ4n) is 1.35. The Bertz CT molecular complexity index is 322. The molecular formula is C9H15N3O3. The molecule has 1 aromatic rings. The number of hydrogen-bond acceptors (Lipinski definition) is 6. The van der Waals surface area contributed by atoms with Crippen LogP contribution in [0.25, 0.3) is 0 Å². The molecule has 0 bridgehead atoms. The summed E-state index contributed by atoms with van der Waals surface area (Å²) < 4.78 is 15.5. The number of rotatable bonds is 5. The average molecular weight is 213 g/mol. The summed E-state index contributed by atoms with van der Waals surface area (Å²) in [5.41, 5.74) is -0.0874. The van der Waals surface area contributed by atoms with Crippen LogP contribution in [-0.2, 0) is 22.7 Å². The van der Waals surface area contributed by atoms with E-state index in [1.807, 2.05) is 0 Å². The lowest BCUT2D eigenvalue weighted by atomic mass is 10.0. The maximum Gasteiger partial charge on any atom is 0.252 e. The van der Waals surface area contributed by atoms with Crippen molar-refractivity contribution in [3.8, 4) is 0 Å². The molecule has 0 unspecified atom stereocenters. The summed E-state index contributed by atoms with van der Waals surface area (Å²) >= 11 is 0. The molecule has 6 heteroatoms. The van der Waals surface area contributed by atoms with E-state index >= 15 is 0 Å². The van der Waals surface area contributed by atoms with Gasteiger partial charge in [-0.1, -0.05) is 5.16 Å². The Kier molecular flexibility index (Phi) is 2.99. The molecule has 1 aromatic heterocycles. The summed E-state index contributed by atoms with van der Waals surface area (Å²) in [4.78, 5) is 4.11. The van der Waals surface area contributed by atoms with Gasteiger partial charge >= 0.3 is 0 Å². The molecule has 2 rings (SSSR count). The number of hydrogen-bond donors (Lipinski definition) is 1. The molecule has 0 atom stereocenters. The topological polar surface area (TPSA) is 69.4 Å². The molecule has 1 saturated heterocycles. The Hall–Kier alpha value is -0.980. The second-order valence-corrected chi connectivity index (χ2v) is 3.88. The lowest BCUT2D eigenvalue weighted by Gasteiger charge is -2.38. The zero-order chi connectivity index (χ0) is 10.7. The molecule has 84 valence electrons. The van der Waals surface area contributed by atoms with Crippen molar-refractivity contribution in [1.29, 1.82) is 0 Å². The quantitative estimate of drug-likeness (QED) is 0.747. The van der Waals surface area contributed by atoms with Crippen LogP contribution in [0.4, 0.5) is 0 Å². The maximum atomic E-state index is 5.64. The molecule has 0 aliphatic carbocycles. The highest BCUT2D eigenvalue weighted by molar-refractivity contribution is 4.91. The molecular weight excluding hydrogens is 198 g/mol. The van der Waals surface area contributed by atoms with Gasteiger partial charge in [0.05, 0.1) is 5.60 Å². The van der Waals surface area contributed by atoms with Gasteiger partial charge in [0.25, 0.3) is 5.89 Å². The third-order valence-corrected chi connectivity index (χ3v) is 2.33. The smallest absolute Gasteiger partial charge is 0.252 e. The van der Waals surface area contributed by atoms with Crippen LogP contribution in [0.2, 0.25) is 0 Å². The molecule has 6 nitrogen and oxygen atoms in total. The fourth-order valence-corrected chi connectivity index (χ4v) is 1.35. The summed E-state index contributed by atoms with van der Waals surface area (Å²) in [6.07, 6.45) is 0. The fraction of sp³-hybridized carbons (Fsp3) is 0.778. The van der Waals surface area contributed by atoms with Crippen LogP contribution < -0.4 is 5.32 Å². The molecule has 0 radical (unpaired) electrons. The van der Waals surface area contributed by atoms with E-state index in [4.69, 9.17) is 14.0 Å². The molecule has 15 heavy (non-hydrogen) atoms. The molecule has 0 spiro atoms. The third-order valence-electron chi connectivity index (χ3n) is 2.33. The molecule has 1 aliphatic heterocycles. The molecule has 0 aromatic carbocycles. The Morgan fingerprint density at radius 3 is 2.87 bits per heavy atom. The highest BCUT2D eigenvalue weighted by Gasteiger charge is 2.32. The SMILES string of the molecule is COCc1noc(COC2(C)CNC2)n1. The van der Waals surface area contributed by atoms with Gasteiger partial charge in [-0.15, -0.1) is 0 Å². The lowest BCUT2D eigenvalue weighted by molar-refractivity contribution is -0.0841. The number of nitrogens with zero attached hydrogens (tertiary/aromatic N) is 2. The van der Waals surface area contributed by atoms with Crippen molar-refractivity contribution in [3.05, 3.63) is 11.7 Å². The van der Waals surface area contributed by atoms with E-state index in [-0.39, 0.29) is 5.60 Å². The normalized spacial score (nSPS) is 18.8. The monoisotopic (exact) mass is 213 g/mol. The summed E-state index contributed by atoms with van der Waals surface area (Å²) in [5, 5.41) is 6.90. The van der Waals surface area contributed by atoms with Crippen LogP contribution in [-0.4, -0.2) is 35.9 Å². The average Bonchev–Trinajstić information content (AvgIpc) is 2.60. The molecule has 0 saturated carbocycles. The van der Waals surface area contributed by atoms with Crippen molar-refractivity contribution < 1.29 is 14.0 Å². The maximum absolute atomic E-state index is 5.64. The van der Waals surface area contributed by atoms with E-state index in [2.05, 4.69) is 22.4 Å². The Balaban J connectivity index is 1.82. The zero-order valence-electron chi connectivity index (χ0n) is 8.95. The van der Waals surface area contributed by atoms with Gasteiger partial charge in [-0.05, 0) is 6.92 Å². The van der Waals surface area contributed by atoms with Gasteiger partial charge in [-0.25, -0.2) is 0 Å². The second-order valence-electron chi connectivity index (χ2n) is 3.88. The lowest BCUT2D eigenvalue weighted by Crippen LogP contribution is -2.58. The molecule has 0 amide bonds. The second kappa shape index (κ2) is 4.26. The van der Waals surface area contributed by atoms with E-state index in [0.29, 0.717) is 24.9 Å². The summed E-state index contributed by atoms with van der Waals surface area (Å²) in [6.45, 7) is 4.51. The summed E-state index contributed by atoms with van der Waals surface area (Å²) in [7, 11) is 1.59. The van der Waals surface area contributed by atoms with Crippen molar-refractivity contribution in [3.63, 3.8) is 0 Å². The summed E-state index contributed by atoms with van der Waals surface area (Å²) in [5.74, 6) is 1.04. The highest BCUT2D eigenvalue weighted by Crippen LogP contribution is 2.17. The van der Waals surface area contributed by atoms with Crippen LogP contribution in [0.1, 0.15) is 18.6 Å². The first-order chi connectivity index (χ1) is 7.22. The minimum Gasteiger partial charge on any atom is -0.377 e. The first kappa shape index (κ1) is 10.5. The highest BCUT2D eigenvalue weighted by atomic mass is 16.5. The van der Waals surface area contributed by atoms with Crippen molar-refractivity contribution in [2.24, 2.45) is 0 Å². The van der Waals surface area contributed by atoms with Crippen LogP contribution in [0.5, 0.6) is 0 Å². The first-order valence-electron chi connectivity index (χ1n) is 4.87. The first-order valence-corrected chi connectivity index (χ1v) is 4.87. The van der Waals surface area contributed by atoms with E-state index in [0.717, 1.165) is 13.1 Å². The van der Waals surface area contributed by atoms with Gasteiger partial charge in [-0.3, -0.25) is 0 Å². The van der Waals surface area contributed by atoms with Crippen molar-refractivity contribution in [2.45, 2.75) is 25.7 Å². The van der Waals surface area contributed by atoms with Crippen LogP contribution in [0.3, 0.4) is 0 Å². The van der Waals surface area contributed by atoms with Gasteiger partial charge < -0.3 is 19.3 Å². The third kappa shape index (κ3) is 2.53. The van der Waals surface area contributed by atoms with Gasteiger partial charge in [0, 0.05) is 20.2 Å². The molecule has 1 aliphatic rings. The van der Waals surface area contributed by atoms with Crippen molar-refractivity contribution in [2.75, 3.05) is 20.2 Å². The van der Waals surface area contributed by atoms with Crippen molar-refractivity contribution in [1.82, 2.24) is 15.5 Å². The van der Waals surface area contributed by atoms with E-state index < -0.39 is 0 Å². The predicted molar refractivity (Wildman–Crippen MR) is 51.1 cm³/mol. The van der Waals surface area contributed by atoms with Crippen molar-refractivity contribution >= 4 is 0 Å². The van der Waals surface area contributed by atoms with Crippen LogP contribution >= 0.6 is 0 Å². The molecule has 1 N–H and O–H groups in total. The number of nitrogens with one attached hydrogen (secondary N) is 1. The van der Waals surface area contributed by atoms with Gasteiger partial charge in [0.15, 0.2) is 5.82 Å².